The molecule has 0 saturated carbocycles. The third kappa shape index (κ3) is 2.79. The first-order valence-electron chi connectivity index (χ1n) is 6.14. The van der Waals surface area contributed by atoms with E-state index in [-0.39, 0.29) is 24.8 Å². The maximum absolute atomic E-state index is 11.9. The van der Waals surface area contributed by atoms with E-state index in [0.29, 0.717) is 13.1 Å². The molecule has 0 unspecified atom stereocenters. The van der Waals surface area contributed by atoms with Crippen molar-refractivity contribution >= 4 is 11.9 Å². The Hall–Kier alpha value is -2.38. The van der Waals surface area contributed by atoms with Gasteiger partial charge in [0.2, 0.25) is 5.91 Å². The zero-order valence-electron chi connectivity index (χ0n) is 11.0. The molecule has 0 spiro atoms. The molecule has 0 bridgehead atoms. The van der Waals surface area contributed by atoms with Crippen LogP contribution in [0.3, 0.4) is 0 Å². The van der Waals surface area contributed by atoms with Crippen LogP contribution in [0, 0.1) is 5.92 Å². The van der Waals surface area contributed by atoms with E-state index < -0.39 is 17.2 Å². The Morgan fingerprint density at radius 3 is 2.60 bits per heavy atom. The summed E-state index contributed by atoms with van der Waals surface area (Å²) in [4.78, 5) is 46.9. The fraction of sp³-hybridized carbons (Fsp3) is 0.500. The summed E-state index contributed by atoms with van der Waals surface area (Å²) in [5.41, 5.74) is -0.974. The van der Waals surface area contributed by atoms with Crippen LogP contribution in [0.5, 0.6) is 0 Å². The number of hydrogen-bond donors (Lipinski definition) is 1. The molecule has 8 nitrogen and oxygen atoms in total. The third-order valence-corrected chi connectivity index (χ3v) is 3.34. The molecule has 1 aromatic heterocycles. The van der Waals surface area contributed by atoms with E-state index in [0.717, 1.165) is 9.13 Å². The minimum absolute atomic E-state index is 0.0201. The summed E-state index contributed by atoms with van der Waals surface area (Å²) in [7, 11) is 1.35. The fourth-order valence-electron chi connectivity index (χ4n) is 2.13. The first-order chi connectivity index (χ1) is 9.38. The van der Waals surface area contributed by atoms with Crippen LogP contribution in [0.1, 0.15) is 6.42 Å². The molecular formula is C12H15N3O5. The average Bonchev–Trinajstić information content (AvgIpc) is 2.33. The van der Waals surface area contributed by atoms with Crippen molar-refractivity contribution in [3.8, 4) is 0 Å². The number of carboxylic acid groups (broad SMARTS) is 1. The summed E-state index contributed by atoms with van der Waals surface area (Å²) in [5, 5.41) is 8.62. The van der Waals surface area contributed by atoms with Crippen LogP contribution in [0.4, 0.5) is 0 Å². The van der Waals surface area contributed by atoms with Gasteiger partial charge in [-0.05, 0) is 0 Å². The molecule has 2 rings (SSSR count). The van der Waals surface area contributed by atoms with Crippen molar-refractivity contribution in [3.63, 3.8) is 0 Å². The zero-order chi connectivity index (χ0) is 14.9. The number of aliphatic carboxylic acids is 1. The summed E-state index contributed by atoms with van der Waals surface area (Å²) in [6, 6.07) is 1.22. The summed E-state index contributed by atoms with van der Waals surface area (Å²) < 4.78 is 2.09. The van der Waals surface area contributed by atoms with Gasteiger partial charge in [-0.1, -0.05) is 0 Å². The van der Waals surface area contributed by atoms with Crippen LogP contribution >= 0.6 is 0 Å². The van der Waals surface area contributed by atoms with Gasteiger partial charge < -0.3 is 10.0 Å². The Labute approximate surface area is 113 Å². The second-order valence-corrected chi connectivity index (χ2v) is 4.89. The van der Waals surface area contributed by atoms with Gasteiger partial charge in [-0.2, -0.15) is 0 Å². The second-order valence-electron chi connectivity index (χ2n) is 4.89. The predicted molar refractivity (Wildman–Crippen MR) is 68.3 cm³/mol. The summed E-state index contributed by atoms with van der Waals surface area (Å²) in [6.07, 6.45) is 1.33. The predicted octanol–water partition coefficient (Wildman–Crippen LogP) is -1.52. The molecule has 1 aliphatic heterocycles. The molecule has 108 valence electrons. The largest absolute Gasteiger partial charge is 0.481 e. The van der Waals surface area contributed by atoms with Gasteiger partial charge in [0.25, 0.3) is 5.56 Å². The molecule has 1 aliphatic rings. The van der Waals surface area contributed by atoms with Crippen molar-refractivity contribution in [2.24, 2.45) is 13.0 Å². The van der Waals surface area contributed by atoms with Crippen molar-refractivity contribution in [3.05, 3.63) is 33.1 Å². The Bertz CT molecular complexity index is 654. The molecule has 20 heavy (non-hydrogen) atoms. The average molecular weight is 281 g/mol. The number of aromatic nitrogens is 2. The Balaban J connectivity index is 1.97. The van der Waals surface area contributed by atoms with Gasteiger partial charge in [0, 0.05) is 38.3 Å². The van der Waals surface area contributed by atoms with Crippen LogP contribution in [0.2, 0.25) is 0 Å². The smallest absolute Gasteiger partial charge is 0.331 e. The van der Waals surface area contributed by atoms with Gasteiger partial charge in [-0.25, -0.2) is 4.79 Å². The first-order valence-corrected chi connectivity index (χ1v) is 6.14. The first kappa shape index (κ1) is 14.0. The van der Waals surface area contributed by atoms with Crippen molar-refractivity contribution in [1.29, 1.82) is 0 Å². The topological polar surface area (TPSA) is 102 Å². The van der Waals surface area contributed by atoms with Crippen LogP contribution in [0.25, 0.3) is 0 Å². The van der Waals surface area contributed by atoms with E-state index in [1.807, 2.05) is 0 Å². The van der Waals surface area contributed by atoms with Crippen LogP contribution in [0.15, 0.2) is 21.9 Å². The lowest BCUT2D eigenvalue weighted by atomic mass is 9.96. The summed E-state index contributed by atoms with van der Waals surface area (Å²) in [5.74, 6) is -1.16. The lowest BCUT2D eigenvalue weighted by Gasteiger charge is -2.38. The molecule has 1 aromatic rings. The van der Waals surface area contributed by atoms with Gasteiger partial charge in [-0.3, -0.25) is 23.5 Å². The fourth-order valence-corrected chi connectivity index (χ4v) is 2.13. The minimum atomic E-state index is -0.878. The number of carboxylic acids is 1. The Morgan fingerprint density at radius 1 is 1.35 bits per heavy atom. The zero-order valence-corrected chi connectivity index (χ0v) is 11.0. The number of carbonyl (C=O) groups is 2. The van der Waals surface area contributed by atoms with E-state index >= 15 is 0 Å². The molecule has 1 amide bonds. The molecule has 1 N–H and O–H groups in total. The monoisotopic (exact) mass is 281 g/mol. The number of rotatable bonds is 4. The normalized spacial score (nSPS) is 14.9. The summed E-state index contributed by atoms with van der Waals surface area (Å²) >= 11 is 0. The standard InChI is InChI=1S/C12H15N3O5/c1-13-9(16)2-3-14(12(13)20)7-10(17)15-5-8(6-15)4-11(18)19/h2-3,8H,4-7H2,1H3,(H,18,19). The van der Waals surface area contributed by atoms with Crippen LogP contribution in [-0.4, -0.2) is 44.1 Å². The van der Waals surface area contributed by atoms with Crippen LogP contribution < -0.4 is 11.2 Å². The highest BCUT2D eigenvalue weighted by molar-refractivity contribution is 5.77. The summed E-state index contributed by atoms with van der Waals surface area (Å²) in [6.45, 7) is 0.643. The van der Waals surface area contributed by atoms with Gasteiger partial charge in [0.15, 0.2) is 0 Å². The number of carbonyl (C=O) groups excluding carboxylic acids is 1. The molecular weight excluding hydrogens is 266 g/mol. The molecule has 1 fully saturated rings. The molecule has 2 heterocycles. The highest BCUT2D eigenvalue weighted by atomic mass is 16.4. The molecule has 0 aromatic carbocycles. The maximum atomic E-state index is 11.9. The molecule has 8 heteroatoms. The number of nitrogens with zero attached hydrogens (tertiary/aromatic N) is 3. The third-order valence-electron chi connectivity index (χ3n) is 3.34. The van der Waals surface area contributed by atoms with Gasteiger partial charge >= 0.3 is 11.7 Å². The van der Waals surface area contributed by atoms with E-state index in [2.05, 4.69) is 0 Å². The SMILES string of the molecule is Cn1c(=O)ccn(CC(=O)N2CC(CC(=O)O)C2)c1=O. The maximum Gasteiger partial charge on any atom is 0.331 e. The van der Waals surface area contributed by atoms with E-state index in [9.17, 15) is 19.2 Å². The molecule has 0 atom stereocenters. The van der Waals surface area contributed by atoms with Crippen LogP contribution in [-0.2, 0) is 23.2 Å². The lowest BCUT2D eigenvalue weighted by molar-refractivity contribution is -0.145. The van der Waals surface area contributed by atoms with Gasteiger partial charge in [0.1, 0.15) is 6.54 Å². The molecule has 0 aliphatic carbocycles. The van der Waals surface area contributed by atoms with Gasteiger partial charge in [0.05, 0.1) is 6.42 Å². The quantitative estimate of drug-likeness (QED) is 0.722. The van der Waals surface area contributed by atoms with E-state index in [4.69, 9.17) is 5.11 Å². The lowest BCUT2D eigenvalue weighted by Crippen LogP contribution is -2.52. The highest BCUT2D eigenvalue weighted by Gasteiger charge is 2.31. The van der Waals surface area contributed by atoms with Crippen molar-refractivity contribution < 1.29 is 14.7 Å². The Morgan fingerprint density at radius 2 is 2.00 bits per heavy atom. The van der Waals surface area contributed by atoms with Crippen molar-refractivity contribution in [2.75, 3.05) is 13.1 Å². The van der Waals surface area contributed by atoms with E-state index in [1.165, 1.54) is 24.2 Å². The van der Waals surface area contributed by atoms with Gasteiger partial charge in [-0.15, -0.1) is 0 Å². The molecule has 0 radical (unpaired) electrons. The Kier molecular flexibility index (Phi) is 3.73. The molecule has 1 saturated heterocycles. The number of likely N-dealkylation sites (tertiary alicyclic amines) is 1. The van der Waals surface area contributed by atoms with Crippen molar-refractivity contribution in [1.82, 2.24) is 14.0 Å². The van der Waals surface area contributed by atoms with Crippen molar-refractivity contribution in [2.45, 2.75) is 13.0 Å². The second kappa shape index (κ2) is 5.32. The van der Waals surface area contributed by atoms with E-state index in [1.54, 1.807) is 0 Å². The number of amides is 1. The minimum Gasteiger partial charge on any atom is -0.481 e. The highest BCUT2D eigenvalue weighted by Crippen LogP contribution is 2.19. The number of hydrogen-bond acceptors (Lipinski definition) is 4.